The summed E-state index contributed by atoms with van der Waals surface area (Å²) < 4.78 is 0. The molecule has 1 N–H and O–H groups in total. The van der Waals surface area contributed by atoms with Crippen molar-refractivity contribution in [2.45, 2.75) is 50.3 Å². The van der Waals surface area contributed by atoms with Gasteiger partial charge in [0.25, 0.3) is 0 Å². The number of phenolic OH excluding ortho intramolecular Hbond substituents is 1. The first-order valence-electron chi connectivity index (χ1n) is 6.24. The fourth-order valence-corrected chi connectivity index (χ4v) is 2.61. The first-order valence-corrected chi connectivity index (χ1v) is 7.23. The summed E-state index contributed by atoms with van der Waals surface area (Å²) >= 11 is 1.84. The van der Waals surface area contributed by atoms with Gasteiger partial charge < -0.3 is 5.11 Å². The van der Waals surface area contributed by atoms with Gasteiger partial charge in [-0.05, 0) is 30.4 Å². The summed E-state index contributed by atoms with van der Waals surface area (Å²) in [6.07, 6.45) is 8.06. The van der Waals surface area contributed by atoms with Crippen LogP contribution in [0.4, 0.5) is 0 Å². The number of hydrogen-bond donors (Lipinski definition) is 1. The van der Waals surface area contributed by atoms with Crippen LogP contribution in [0.25, 0.3) is 0 Å². The molecule has 0 amide bonds. The van der Waals surface area contributed by atoms with E-state index in [1.54, 1.807) is 6.07 Å². The quantitative estimate of drug-likeness (QED) is 0.516. The molecule has 0 radical (unpaired) electrons. The van der Waals surface area contributed by atoms with Crippen LogP contribution in [0.1, 0.15) is 45.4 Å². The van der Waals surface area contributed by atoms with Gasteiger partial charge in [-0.25, -0.2) is 0 Å². The van der Waals surface area contributed by atoms with Crippen LogP contribution in [0, 0.1) is 0 Å². The molecule has 0 spiro atoms. The largest absolute Gasteiger partial charge is 0.508 e. The monoisotopic (exact) mass is 238 g/mol. The number of phenols is 1. The molecule has 0 saturated carbocycles. The van der Waals surface area contributed by atoms with E-state index >= 15 is 0 Å². The molecule has 1 aromatic rings. The summed E-state index contributed by atoms with van der Waals surface area (Å²) in [5.74, 6) is 1.53. The third-order valence-electron chi connectivity index (χ3n) is 2.58. The van der Waals surface area contributed by atoms with Gasteiger partial charge in [-0.15, -0.1) is 11.8 Å². The van der Waals surface area contributed by atoms with Crippen molar-refractivity contribution in [1.29, 1.82) is 0 Å². The lowest BCUT2D eigenvalue weighted by atomic mass is 10.1. The predicted octanol–water partition coefficient (Wildman–Crippen LogP) is 4.84. The zero-order valence-electron chi connectivity index (χ0n) is 10.1. The topological polar surface area (TPSA) is 20.2 Å². The molecule has 90 valence electrons. The van der Waals surface area contributed by atoms with E-state index in [2.05, 4.69) is 13.0 Å². The van der Waals surface area contributed by atoms with Gasteiger partial charge in [-0.1, -0.05) is 45.1 Å². The molecule has 0 aliphatic carbocycles. The minimum absolute atomic E-state index is 0.368. The maximum absolute atomic E-state index is 9.30. The Morgan fingerprint density at radius 2 is 1.81 bits per heavy atom. The average molecular weight is 238 g/mol. The maximum atomic E-state index is 9.30. The van der Waals surface area contributed by atoms with E-state index in [0.717, 1.165) is 5.75 Å². The van der Waals surface area contributed by atoms with Crippen LogP contribution in [0.3, 0.4) is 0 Å². The fourth-order valence-electron chi connectivity index (χ4n) is 1.65. The van der Waals surface area contributed by atoms with E-state index in [9.17, 15) is 5.11 Å². The Hall–Kier alpha value is -0.630. The highest BCUT2D eigenvalue weighted by molar-refractivity contribution is 7.99. The van der Waals surface area contributed by atoms with Crippen molar-refractivity contribution < 1.29 is 5.11 Å². The number of aromatic hydroxyl groups is 1. The highest BCUT2D eigenvalue weighted by Crippen LogP contribution is 2.23. The zero-order valence-corrected chi connectivity index (χ0v) is 10.9. The molecule has 16 heavy (non-hydrogen) atoms. The van der Waals surface area contributed by atoms with E-state index in [0.29, 0.717) is 5.75 Å². The van der Waals surface area contributed by atoms with E-state index in [1.165, 1.54) is 43.4 Å². The third-order valence-corrected chi connectivity index (χ3v) is 3.66. The molecule has 0 atom stereocenters. The summed E-state index contributed by atoms with van der Waals surface area (Å²) in [6.45, 7) is 2.25. The maximum Gasteiger partial charge on any atom is 0.116 e. The van der Waals surface area contributed by atoms with Gasteiger partial charge in [-0.3, -0.25) is 0 Å². The van der Waals surface area contributed by atoms with Crippen LogP contribution in [0.15, 0.2) is 29.2 Å². The Labute approximate surface area is 103 Å². The zero-order chi connectivity index (χ0) is 11.6. The van der Waals surface area contributed by atoms with E-state index in [1.807, 2.05) is 23.9 Å². The summed E-state index contributed by atoms with van der Waals surface area (Å²) in [5, 5.41) is 9.30. The molecule has 1 nitrogen and oxygen atoms in total. The predicted molar refractivity (Wildman–Crippen MR) is 72.2 cm³/mol. The number of rotatable bonds is 8. The lowest BCUT2D eigenvalue weighted by Gasteiger charge is -2.02. The van der Waals surface area contributed by atoms with Crippen molar-refractivity contribution in [3.05, 3.63) is 24.3 Å². The number of benzene rings is 1. The van der Waals surface area contributed by atoms with Gasteiger partial charge in [0.15, 0.2) is 0 Å². The second kappa shape index (κ2) is 8.51. The first kappa shape index (κ1) is 13.4. The van der Waals surface area contributed by atoms with Crippen LogP contribution in [0.2, 0.25) is 0 Å². The minimum atomic E-state index is 0.368. The Morgan fingerprint density at radius 3 is 2.56 bits per heavy atom. The highest BCUT2D eigenvalue weighted by atomic mass is 32.2. The normalized spacial score (nSPS) is 10.6. The minimum Gasteiger partial charge on any atom is -0.508 e. The molecule has 1 aromatic carbocycles. The summed E-state index contributed by atoms with van der Waals surface area (Å²) in [6, 6.07) is 7.51. The average Bonchev–Trinajstić information content (AvgIpc) is 2.28. The number of hydrogen-bond acceptors (Lipinski definition) is 2. The van der Waals surface area contributed by atoms with Gasteiger partial charge >= 0.3 is 0 Å². The lowest BCUT2D eigenvalue weighted by molar-refractivity contribution is 0.474. The first-order chi connectivity index (χ1) is 7.83. The molecule has 0 aliphatic rings. The van der Waals surface area contributed by atoms with Crippen LogP contribution in [0.5, 0.6) is 5.75 Å². The second-order valence-electron chi connectivity index (χ2n) is 4.11. The molecular formula is C14H22OS. The molecule has 2 heteroatoms. The van der Waals surface area contributed by atoms with Crippen LogP contribution in [-0.4, -0.2) is 10.9 Å². The molecule has 0 bridgehead atoms. The van der Waals surface area contributed by atoms with E-state index in [4.69, 9.17) is 0 Å². The smallest absolute Gasteiger partial charge is 0.116 e. The van der Waals surface area contributed by atoms with Gasteiger partial charge in [-0.2, -0.15) is 0 Å². The molecule has 0 saturated heterocycles. The third kappa shape index (κ3) is 6.06. The van der Waals surface area contributed by atoms with Crippen LogP contribution < -0.4 is 0 Å². The summed E-state index contributed by atoms with van der Waals surface area (Å²) in [5.41, 5.74) is 0. The van der Waals surface area contributed by atoms with Gasteiger partial charge in [0, 0.05) is 4.90 Å². The Morgan fingerprint density at radius 1 is 1.06 bits per heavy atom. The molecular weight excluding hydrogens is 216 g/mol. The number of unbranched alkanes of at least 4 members (excludes halogenated alkanes) is 5. The van der Waals surface area contributed by atoms with Crippen molar-refractivity contribution in [3.63, 3.8) is 0 Å². The van der Waals surface area contributed by atoms with Crippen molar-refractivity contribution >= 4 is 11.8 Å². The van der Waals surface area contributed by atoms with Crippen molar-refractivity contribution in [2.24, 2.45) is 0 Å². The highest BCUT2D eigenvalue weighted by Gasteiger charge is 1.95. The SMILES string of the molecule is CCCCCCCCSc1cccc(O)c1. The van der Waals surface area contributed by atoms with Gasteiger partial charge in [0.1, 0.15) is 5.75 Å². The van der Waals surface area contributed by atoms with Crippen molar-refractivity contribution in [2.75, 3.05) is 5.75 Å². The molecule has 1 rings (SSSR count). The molecule has 0 aromatic heterocycles. The lowest BCUT2D eigenvalue weighted by Crippen LogP contribution is -1.82. The number of thioether (sulfide) groups is 1. The van der Waals surface area contributed by atoms with Crippen LogP contribution >= 0.6 is 11.8 Å². The Bertz CT molecular complexity index is 286. The van der Waals surface area contributed by atoms with Gasteiger partial charge in [0.05, 0.1) is 0 Å². The van der Waals surface area contributed by atoms with Crippen molar-refractivity contribution in [1.82, 2.24) is 0 Å². The van der Waals surface area contributed by atoms with Crippen LogP contribution in [-0.2, 0) is 0 Å². The fraction of sp³-hybridized carbons (Fsp3) is 0.571. The summed E-state index contributed by atoms with van der Waals surface area (Å²) in [7, 11) is 0. The molecule has 0 aliphatic heterocycles. The van der Waals surface area contributed by atoms with E-state index in [-0.39, 0.29) is 0 Å². The van der Waals surface area contributed by atoms with E-state index < -0.39 is 0 Å². The Balaban J connectivity index is 2.03. The second-order valence-corrected chi connectivity index (χ2v) is 5.28. The van der Waals surface area contributed by atoms with Crippen molar-refractivity contribution in [3.8, 4) is 5.75 Å². The molecule has 0 fully saturated rings. The molecule has 0 heterocycles. The Kier molecular flexibility index (Phi) is 7.15. The molecule has 0 unspecified atom stereocenters. The van der Waals surface area contributed by atoms with Gasteiger partial charge in [0.2, 0.25) is 0 Å². The standard InChI is InChI=1S/C14H22OS/c1-2-3-4-5-6-7-11-16-14-10-8-9-13(15)12-14/h8-10,12,15H,2-7,11H2,1H3. The summed E-state index contributed by atoms with van der Waals surface area (Å²) in [4.78, 5) is 1.17.